The lowest BCUT2D eigenvalue weighted by molar-refractivity contribution is 0.579. The van der Waals surface area contributed by atoms with Gasteiger partial charge in [-0.25, -0.2) is 8.42 Å². The highest BCUT2D eigenvalue weighted by Crippen LogP contribution is 2.31. The second-order valence-electron chi connectivity index (χ2n) is 5.03. The van der Waals surface area contributed by atoms with Crippen molar-refractivity contribution in [2.75, 3.05) is 11.6 Å². The largest absolute Gasteiger partial charge is 0.380 e. The number of benzene rings is 1. The lowest BCUT2D eigenvalue weighted by Crippen LogP contribution is -2.34. The number of anilines is 1. The van der Waals surface area contributed by atoms with Gasteiger partial charge in [-0.2, -0.15) is 0 Å². The molecule has 1 aromatic rings. The standard InChI is InChI=1S/C13H18ClNO2S/c1-9-6-7-10(14)12(8-9)15-11-4-3-5-13(11)18(2,16)17/h6-8,11,13,15H,3-5H2,1-2H3. The molecule has 0 aliphatic heterocycles. The van der Waals surface area contributed by atoms with Gasteiger partial charge >= 0.3 is 0 Å². The van der Waals surface area contributed by atoms with Gasteiger partial charge in [0.15, 0.2) is 9.84 Å². The molecule has 0 amide bonds. The predicted octanol–water partition coefficient (Wildman–Crippen LogP) is 3.03. The second kappa shape index (κ2) is 5.10. The Hall–Kier alpha value is -0.740. The molecule has 100 valence electrons. The summed E-state index contributed by atoms with van der Waals surface area (Å²) >= 11 is 6.12. The Morgan fingerprint density at radius 2 is 2.06 bits per heavy atom. The van der Waals surface area contributed by atoms with Crippen molar-refractivity contribution in [1.29, 1.82) is 0 Å². The van der Waals surface area contributed by atoms with Crippen molar-refractivity contribution in [2.45, 2.75) is 37.5 Å². The van der Waals surface area contributed by atoms with Crippen LogP contribution in [0.2, 0.25) is 5.02 Å². The third-order valence-electron chi connectivity index (χ3n) is 3.47. The van der Waals surface area contributed by atoms with Crippen LogP contribution in [0.5, 0.6) is 0 Å². The van der Waals surface area contributed by atoms with Crippen molar-refractivity contribution in [1.82, 2.24) is 0 Å². The normalized spacial score (nSPS) is 24.2. The zero-order valence-electron chi connectivity index (χ0n) is 10.6. The van der Waals surface area contributed by atoms with E-state index in [2.05, 4.69) is 5.32 Å². The minimum Gasteiger partial charge on any atom is -0.380 e. The fourth-order valence-corrected chi connectivity index (χ4v) is 4.12. The smallest absolute Gasteiger partial charge is 0.152 e. The van der Waals surface area contributed by atoms with Gasteiger partial charge in [-0.15, -0.1) is 0 Å². The molecule has 1 saturated carbocycles. The third-order valence-corrected chi connectivity index (χ3v) is 5.46. The highest BCUT2D eigenvalue weighted by atomic mass is 35.5. The monoisotopic (exact) mass is 287 g/mol. The summed E-state index contributed by atoms with van der Waals surface area (Å²) in [6.07, 6.45) is 3.87. The van der Waals surface area contributed by atoms with Gasteiger partial charge in [0.05, 0.1) is 16.0 Å². The predicted molar refractivity (Wildman–Crippen MR) is 76.1 cm³/mol. The number of halogens is 1. The maximum absolute atomic E-state index is 11.7. The van der Waals surface area contributed by atoms with Crippen LogP contribution in [0.15, 0.2) is 18.2 Å². The van der Waals surface area contributed by atoms with Gasteiger partial charge in [-0.1, -0.05) is 17.7 Å². The first-order chi connectivity index (χ1) is 8.38. The van der Waals surface area contributed by atoms with E-state index < -0.39 is 9.84 Å². The molecule has 3 nitrogen and oxygen atoms in total. The van der Waals surface area contributed by atoms with E-state index in [0.717, 1.165) is 30.5 Å². The summed E-state index contributed by atoms with van der Waals surface area (Å²) in [7, 11) is -3.00. The molecular weight excluding hydrogens is 270 g/mol. The van der Waals surface area contributed by atoms with Crippen LogP contribution in [0, 0.1) is 6.92 Å². The number of hydrogen-bond acceptors (Lipinski definition) is 3. The van der Waals surface area contributed by atoms with Crippen molar-refractivity contribution >= 4 is 27.1 Å². The van der Waals surface area contributed by atoms with Crippen molar-refractivity contribution in [3.63, 3.8) is 0 Å². The molecule has 1 aliphatic rings. The topological polar surface area (TPSA) is 46.2 Å². The molecule has 2 rings (SSSR count). The maximum Gasteiger partial charge on any atom is 0.152 e. The number of hydrogen-bond donors (Lipinski definition) is 1. The van der Waals surface area contributed by atoms with E-state index >= 15 is 0 Å². The van der Waals surface area contributed by atoms with Crippen LogP contribution in [0.3, 0.4) is 0 Å². The van der Waals surface area contributed by atoms with Crippen LogP contribution in [0.1, 0.15) is 24.8 Å². The third kappa shape index (κ3) is 2.98. The number of sulfone groups is 1. The fraction of sp³-hybridized carbons (Fsp3) is 0.538. The van der Waals surface area contributed by atoms with E-state index in [0.29, 0.717) is 5.02 Å². The van der Waals surface area contributed by atoms with E-state index in [1.807, 2.05) is 25.1 Å². The Kier molecular flexibility index (Phi) is 3.87. The van der Waals surface area contributed by atoms with E-state index in [4.69, 9.17) is 11.6 Å². The number of aryl methyl sites for hydroxylation is 1. The first-order valence-corrected chi connectivity index (χ1v) is 8.43. The number of nitrogens with one attached hydrogen (secondary N) is 1. The van der Waals surface area contributed by atoms with Gasteiger partial charge < -0.3 is 5.32 Å². The van der Waals surface area contributed by atoms with Crippen LogP contribution in [0.4, 0.5) is 5.69 Å². The quantitative estimate of drug-likeness (QED) is 0.929. The van der Waals surface area contributed by atoms with E-state index in [-0.39, 0.29) is 11.3 Å². The molecule has 0 radical (unpaired) electrons. The average Bonchev–Trinajstić information content (AvgIpc) is 2.71. The second-order valence-corrected chi connectivity index (χ2v) is 7.70. The van der Waals surface area contributed by atoms with Crippen molar-refractivity contribution in [3.05, 3.63) is 28.8 Å². The van der Waals surface area contributed by atoms with Crippen LogP contribution in [-0.4, -0.2) is 26.0 Å². The van der Waals surface area contributed by atoms with Crippen molar-refractivity contribution in [2.24, 2.45) is 0 Å². The molecule has 0 bridgehead atoms. The van der Waals surface area contributed by atoms with E-state index in [9.17, 15) is 8.42 Å². The Morgan fingerprint density at radius 1 is 1.33 bits per heavy atom. The number of rotatable bonds is 3. The first kappa shape index (κ1) is 13.7. The molecule has 2 unspecified atom stereocenters. The molecule has 0 spiro atoms. The first-order valence-electron chi connectivity index (χ1n) is 6.09. The lowest BCUT2D eigenvalue weighted by Gasteiger charge is -2.21. The lowest BCUT2D eigenvalue weighted by atomic mass is 10.2. The zero-order chi connectivity index (χ0) is 13.3. The summed E-state index contributed by atoms with van der Waals surface area (Å²) in [6.45, 7) is 1.99. The van der Waals surface area contributed by atoms with Crippen LogP contribution in [-0.2, 0) is 9.84 Å². The zero-order valence-corrected chi connectivity index (χ0v) is 12.2. The molecular formula is C13H18ClNO2S. The SMILES string of the molecule is Cc1ccc(Cl)c(NC2CCCC2S(C)(=O)=O)c1. The van der Waals surface area contributed by atoms with Crippen LogP contribution < -0.4 is 5.32 Å². The molecule has 0 heterocycles. The molecule has 1 N–H and O–H groups in total. The summed E-state index contributed by atoms with van der Waals surface area (Å²) in [6, 6.07) is 5.71. The summed E-state index contributed by atoms with van der Waals surface area (Å²) in [5.41, 5.74) is 1.94. The van der Waals surface area contributed by atoms with Crippen molar-refractivity contribution < 1.29 is 8.42 Å². The molecule has 1 aromatic carbocycles. The Bertz CT molecular complexity index is 542. The molecule has 2 atom stereocenters. The van der Waals surface area contributed by atoms with Gasteiger partial charge in [0.25, 0.3) is 0 Å². The van der Waals surface area contributed by atoms with Gasteiger partial charge in [-0.05, 0) is 43.9 Å². The minimum absolute atomic E-state index is 0.0284. The molecule has 1 fully saturated rings. The summed E-state index contributed by atoms with van der Waals surface area (Å²) in [4.78, 5) is 0. The highest BCUT2D eigenvalue weighted by Gasteiger charge is 2.34. The van der Waals surface area contributed by atoms with Gasteiger partial charge in [0.1, 0.15) is 0 Å². The van der Waals surface area contributed by atoms with Crippen molar-refractivity contribution in [3.8, 4) is 0 Å². The highest BCUT2D eigenvalue weighted by molar-refractivity contribution is 7.91. The molecule has 18 heavy (non-hydrogen) atoms. The molecule has 1 aliphatic carbocycles. The van der Waals surface area contributed by atoms with Gasteiger partial charge in [0, 0.05) is 12.3 Å². The fourth-order valence-electron chi connectivity index (χ4n) is 2.55. The Balaban J connectivity index is 2.21. The Labute approximate surface area is 113 Å². The molecule has 0 saturated heterocycles. The van der Waals surface area contributed by atoms with Gasteiger partial charge in [0.2, 0.25) is 0 Å². The van der Waals surface area contributed by atoms with Crippen LogP contribution >= 0.6 is 11.6 Å². The Morgan fingerprint density at radius 3 is 2.72 bits per heavy atom. The van der Waals surface area contributed by atoms with Gasteiger partial charge in [-0.3, -0.25) is 0 Å². The summed E-state index contributed by atoms with van der Waals surface area (Å²) in [5.74, 6) is 0. The average molecular weight is 288 g/mol. The van der Waals surface area contributed by atoms with Crippen LogP contribution in [0.25, 0.3) is 0 Å². The summed E-state index contributed by atoms with van der Waals surface area (Å²) in [5, 5.41) is 3.64. The summed E-state index contributed by atoms with van der Waals surface area (Å²) < 4.78 is 23.4. The molecule has 5 heteroatoms. The minimum atomic E-state index is -3.00. The maximum atomic E-state index is 11.7. The molecule has 0 aromatic heterocycles. The van der Waals surface area contributed by atoms with E-state index in [1.165, 1.54) is 6.26 Å². The van der Waals surface area contributed by atoms with E-state index in [1.54, 1.807) is 0 Å².